The second kappa shape index (κ2) is 7.93. The Kier molecular flexibility index (Phi) is 5.43. The summed E-state index contributed by atoms with van der Waals surface area (Å²) in [6.45, 7) is 1.05. The Morgan fingerprint density at radius 1 is 1.25 bits per heavy atom. The molecule has 1 aromatic heterocycles. The van der Waals surface area contributed by atoms with Crippen LogP contribution in [0.2, 0.25) is 0 Å². The van der Waals surface area contributed by atoms with Gasteiger partial charge < -0.3 is 14.8 Å². The molecule has 1 amide bonds. The molecule has 0 saturated heterocycles. The Labute approximate surface area is 142 Å². The summed E-state index contributed by atoms with van der Waals surface area (Å²) in [7, 11) is 1.64. The summed E-state index contributed by atoms with van der Waals surface area (Å²) in [5.74, 6) is 0.588. The molecule has 0 fully saturated rings. The molecule has 5 nitrogen and oxygen atoms in total. The number of rotatable bonds is 6. The Bertz CT molecular complexity index is 685. The van der Waals surface area contributed by atoms with Gasteiger partial charge in [-0.25, -0.2) is 0 Å². The number of nitrogens with one attached hydrogen (secondary N) is 1. The van der Waals surface area contributed by atoms with Gasteiger partial charge in [0.2, 0.25) is 5.91 Å². The van der Waals surface area contributed by atoms with E-state index in [-0.39, 0.29) is 11.8 Å². The van der Waals surface area contributed by atoms with E-state index in [1.165, 1.54) is 5.56 Å². The summed E-state index contributed by atoms with van der Waals surface area (Å²) < 4.78 is 10.5. The Hall–Kier alpha value is -2.40. The molecule has 1 heterocycles. The maximum Gasteiger partial charge on any atom is 0.233 e. The number of carbonyl (C=O) groups excluding carboxylic acids is 1. The van der Waals surface area contributed by atoms with Gasteiger partial charge in [-0.1, -0.05) is 6.07 Å². The zero-order valence-corrected chi connectivity index (χ0v) is 13.8. The molecule has 24 heavy (non-hydrogen) atoms. The molecule has 0 aliphatic heterocycles. The van der Waals surface area contributed by atoms with E-state index in [1.54, 1.807) is 13.3 Å². The minimum atomic E-state index is -0.174. The Morgan fingerprint density at radius 2 is 2.08 bits per heavy atom. The number of amides is 1. The lowest BCUT2D eigenvalue weighted by atomic mass is 9.86. The number of carbonyl (C=O) groups is 1. The number of hydrogen-bond donors (Lipinski definition) is 1. The summed E-state index contributed by atoms with van der Waals surface area (Å²) in [5.41, 5.74) is 2.87. The van der Waals surface area contributed by atoms with E-state index in [2.05, 4.69) is 16.4 Å². The van der Waals surface area contributed by atoms with Gasteiger partial charge in [0.05, 0.1) is 18.2 Å². The minimum Gasteiger partial charge on any atom is -0.491 e. The maximum atomic E-state index is 12.6. The maximum absolute atomic E-state index is 12.6. The molecule has 1 unspecified atom stereocenters. The Morgan fingerprint density at radius 3 is 2.88 bits per heavy atom. The van der Waals surface area contributed by atoms with Gasteiger partial charge in [-0.15, -0.1) is 0 Å². The average molecular weight is 326 g/mol. The zero-order chi connectivity index (χ0) is 16.8. The van der Waals surface area contributed by atoms with Crippen LogP contribution in [0.1, 0.15) is 30.0 Å². The second-order valence-electron chi connectivity index (χ2n) is 5.85. The zero-order valence-electron chi connectivity index (χ0n) is 13.8. The molecule has 0 saturated carbocycles. The summed E-state index contributed by atoms with van der Waals surface area (Å²) in [4.78, 5) is 17.1. The third-order valence-corrected chi connectivity index (χ3v) is 4.19. The van der Waals surface area contributed by atoms with Crippen LogP contribution in [0.5, 0.6) is 5.75 Å². The molecule has 1 atom stereocenters. The van der Waals surface area contributed by atoms with Gasteiger partial charge in [-0.3, -0.25) is 9.78 Å². The van der Waals surface area contributed by atoms with Crippen molar-refractivity contribution in [3.8, 4) is 5.75 Å². The number of hydrogen-bond acceptors (Lipinski definition) is 4. The molecular formula is C19H22N2O3. The van der Waals surface area contributed by atoms with E-state index in [1.807, 2.05) is 30.3 Å². The average Bonchev–Trinajstić information content (AvgIpc) is 2.63. The smallest absolute Gasteiger partial charge is 0.233 e. The normalized spacial score (nSPS) is 16.3. The number of aryl methyl sites for hydroxylation is 1. The number of anilines is 1. The van der Waals surface area contributed by atoms with Crippen LogP contribution in [0.15, 0.2) is 42.6 Å². The van der Waals surface area contributed by atoms with Crippen molar-refractivity contribution < 1.29 is 14.3 Å². The fourth-order valence-corrected chi connectivity index (χ4v) is 2.97. The second-order valence-corrected chi connectivity index (χ2v) is 5.85. The standard InChI is InChI=1S/C19H22N2O3/c1-23-12-13-24-16-9-7-15(8-10-16)21-19(22)17-6-2-4-14-5-3-11-20-18(14)17/h3,5,7-11,17H,2,4,6,12-13H2,1H3,(H,21,22). The third kappa shape index (κ3) is 3.92. The Balaban J connectivity index is 1.63. The molecule has 1 aromatic carbocycles. The van der Waals surface area contributed by atoms with Gasteiger partial charge >= 0.3 is 0 Å². The van der Waals surface area contributed by atoms with Crippen molar-refractivity contribution in [2.75, 3.05) is 25.6 Å². The van der Waals surface area contributed by atoms with Crippen molar-refractivity contribution in [1.29, 1.82) is 0 Å². The van der Waals surface area contributed by atoms with Crippen LogP contribution in [0.25, 0.3) is 0 Å². The minimum absolute atomic E-state index is 0.00250. The molecule has 3 rings (SSSR count). The molecule has 0 bridgehead atoms. The number of aromatic nitrogens is 1. The van der Waals surface area contributed by atoms with E-state index in [4.69, 9.17) is 9.47 Å². The summed E-state index contributed by atoms with van der Waals surface area (Å²) in [5, 5.41) is 2.99. The first-order valence-electron chi connectivity index (χ1n) is 8.24. The molecule has 0 radical (unpaired) electrons. The van der Waals surface area contributed by atoms with E-state index >= 15 is 0 Å². The summed E-state index contributed by atoms with van der Waals surface area (Å²) in [6.07, 6.45) is 4.62. The number of benzene rings is 1. The number of pyridine rings is 1. The van der Waals surface area contributed by atoms with Gasteiger partial charge in [-0.05, 0) is 55.2 Å². The number of nitrogens with zero attached hydrogens (tertiary/aromatic N) is 1. The van der Waals surface area contributed by atoms with Crippen molar-refractivity contribution in [2.24, 2.45) is 0 Å². The molecule has 1 aliphatic rings. The fraction of sp³-hybridized carbons (Fsp3) is 0.368. The summed E-state index contributed by atoms with van der Waals surface area (Å²) >= 11 is 0. The number of fused-ring (bicyclic) bond motifs is 1. The van der Waals surface area contributed by atoms with Crippen LogP contribution in [0.3, 0.4) is 0 Å². The van der Waals surface area contributed by atoms with Gasteiger partial charge in [0.25, 0.3) is 0 Å². The van der Waals surface area contributed by atoms with Crippen LogP contribution < -0.4 is 10.1 Å². The van der Waals surface area contributed by atoms with Crippen molar-refractivity contribution >= 4 is 11.6 Å². The highest BCUT2D eigenvalue weighted by atomic mass is 16.5. The largest absolute Gasteiger partial charge is 0.491 e. The highest BCUT2D eigenvalue weighted by Gasteiger charge is 2.27. The van der Waals surface area contributed by atoms with Gasteiger partial charge in [0.1, 0.15) is 12.4 Å². The summed E-state index contributed by atoms with van der Waals surface area (Å²) in [6, 6.07) is 11.4. The van der Waals surface area contributed by atoms with Gasteiger partial charge in [0.15, 0.2) is 0 Å². The van der Waals surface area contributed by atoms with E-state index in [9.17, 15) is 4.79 Å². The lowest BCUT2D eigenvalue weighted by molar-refractivity contribution is -0.118. The highest BCUT2D eigenvalue weighted by Crippen LogP contribution is 2.31. The topological polar surface area (TPSA) is 60.5 Å². The highest BCUT2D eigenvalue weighted by molar-refractivity contribution is 5.95. The van der Waals surface area contributed by atoms with Gasteiger partial charge in [-0.2, -0.15) is 0 Å². The van der Waals surface area contributed by atoms with Crippen LogP contribution in [-0.4, -0.2) is 31.2 Å². The van der Waals surface area contributed by atoms with Crippen molar-refractivity contribution in [3.63, 3.8) is 0 Å². The number of methoxy groups -OCH3 is 1. The monoisotopic (exact) mass is 326 g/mol. The lowest BCUT2D eigenvalue weighted by Gasteiger charge is -2.23. The fourth-order valence-electron chi connectivity index (χ4n) is 2.97. The first kappa shape index (κ1) is 16.5. The van der Waals surface area contributed by atoms with Crippen molar-refractivity contribution in [3.05, 3.63) is 53.9 Å². The lowest BCUT2D eigenvalue weighted by Crippen LogP contribution is -2.25. The molecule has 0 spiro atoms. The SMILES string of the molecule is COCCOc1ccc(NC(=O)C2CCCc3cccnc32)cc1. The molecule has 2 aromatic rings. The van der Waals surface area contributed by atoms with E-state index < -0.39 is 0 Å². The predicted molar refractivity (Wildman–Crippen MR) is 92.4 cm³/mol. The van der Waals surface area contributed by atoms with E-state index in [0.29, 0.717) is 13.2 Å². The first-order valence-corrected chi connectivity index (χ1v) is 8.24. The molecule has 1 N–H and O–H groups in total. The number of ether oxygens (including phenoxy) is 2. The van der Waals surface area contributed by atoms with E-state index in [0.717, 1.165) is 36.4 Å². The van der Waals surface area contributed by atoms with Crippen LogP contribution in [0, 0.1) is 0 Å². The quantitative estimate of drug-likeness (QED) is 0.828. The third-order valence-electron chi connectivity index (χ3n) is 4.19. The van der Waals surface area contributed by atoms with Crippen LogP contribution in [-0.2, 0) is 16.0 Å². The molecular weight excluding hydrogens is 304 g/mol. The van der Waals surface area contributed by atoms with Gasteiger partial charge in [0, 0.05) is 19.0 Å². The molecule has 1 aliphatic carbocycles. The molecule has 5 heteroatoms. The molecule has 126 valence electrons. The predicted octanol–water partition coefficient (Wildman–Crippen LogP) is 3.17. The van der Waals surface area contributed by atoms with Crippen LogP contribution in [0.4, 0.5) is 5.69 Å². The van der Waals surface area contributed by atoms with Crippen molar-refractivity contribution in [1.82, 2.24) is 4.98 Å². The van der Waals surface area contributed by atoms with Crippen molar-refractivity contribution in [2.45, 2.75) is 25.2 Å². The van der Waals surface area contributed by atoms with Crippen LogP contribution >= 0.6 is 0 Å². The first-order chi connectivity index (χ1) is 11.8.